The van der Waals surface area contributed by atoms with Crippen LogP contribution >= 0.6 is 0 Å². The standard InChI is InChI=1S/C10H9O7S.Na/c1-16-9(11)6-3-7(10(12)17-2)5-8(4-6)18(13,14)15;/h4-5H,1-2H3,(H,13,14,15);. The van der Waals surface area contributed by atoms with Gasteiger partial charge in [0.15, 0.2) is 0 Å². The van der Waals surface area contributed by atoms with E-state index in [-0.39, 0.29) is 39.1 Å². The van der Waals surface area contributed by atoms with Crippen molar-refractivity contribution in [3.05, 3.63) is 23.3 Å². The molecule has 1 aromatic carbocycles. The molecule has 1 rings (SSSR count). The summed E-state index contributed by atoms with van der Waals surface area (Å²) in [5, 5.41) is 0. The molecule has 0 radical (unpaired) electrons. The third-order valence-electron chi connectivity index (χ3n) is 2.49. The van der Waals surface area contributed by atoms with Crippen molar-refractivity contribution in [3.8, 4) is 0 Å². The van der Waals surface area contributed by atoms with E-state index in [0.717, 1.165) is 26.4 Å². The molecule has 0 aliphatic heterocycles. The monoisotopic (exact) mass is 296 g/mol. The van der Waals surface area contributed by atoms with Gasteiger partial charge in [-0.05, 0) is 0 Å². The molecule has 0 saturated carbocycles. The predicted molar refractivity (Wildman–Crippen MR) is 64.3 cm³/mol. The van der Waals surface area contributed by atoms with Crippen LogP contribution in [0, 0.1) is 0 Å². The Kier molecular flexibility index (Phi) is 5.11. The molecular formula is C10H9NaO7S. The fourth-order valence-corrected chi connectivity index (χ4v) is 2.71. The van der Waals surface area contributed by atoms with Gasteiger partial charge in [0.2, 0.25) is 0 Å². The number of hydrogen-bond donors (Lipinski definition) is 1. The topological polar surface area (TPSA) is 107 Å². The van der Waals surface area contributed by atoms with Crippen molar-refractivity contribution in [1.29, 1.82) is 0 Å². The predicted octanol–water partition coefficient (Wildman–Crippen LogP) is -0.700. The normalized spacial score (nSPS) is 11.0. The molecule has 0 fully saturated rings. The average Bonchev–Trinajstić information content (AvgIpc) is 2.35. The van der Waals surface area contributed by atoms with Crippen molar-refractivity contribution < 1.29 is 32.0 Å². The fourth-order valence-electron chi connectivity index (χ4n) is 1.48. The number of carbonyl (C=O) groups excluding carboxylic acids is 2. The second-order valence-electron chi connectivity index (χ2n) is 3.60. The van der Waals surface area contributed by atoms with Gasteiger partial charge in [0, 0.05) is 0 Å². The van der Waals surface area contributed by atoms with Crippen molar-refractivity contribution in [3.63, 3.8) is 0 Å². The summed E-state index contributed by atoms with van der Waals surface area (Å²) in [6.07, 6.45) is 0. The van der Waals surface area contributed by atoms with E-state index in [0.29, 0.717) is 2.81 Å². The Morgan fingerprint density at radius 2 is 1.47 bits per heavy atom. The van der Waals surface area contributed by atoms with Gasteiger partial charge >= 0.3 is 127 Å². The first-order chi connectivity index (χ1) is 8.72. The molecular weight excluding hydrogens is 287 g/mol. The van der Waals surface area contributed by atoms with Crippen molar-refractivity contribution in [2.75, 3.05) is 14.2 Å². The van der Waals surface area contributed by atoms with E-state index in [9.17, 15) is 18.0 Å². The van der Waals surface area contributed by atoms with E-state index in [1.807, 2.05) is 0 Å². The van der Waals surface area contributed by atoms with E-state index in [2.05, 4.69) is 9.47 Å². The second kappa shape index (κ2) is 6.02. The molecule has 0 atom stereocenters. The Labute approximate surface area is 127 Å². The summed E-state index contributed by atoms with van der Waals surface area (Å²) < 4.78 is 40.6. The molecule has 0 aromatic heterocycles. The third kappa shape index (κ3) is 3.54. The van der Waals surface area contributed by atoms with Gasteiger partial charge in [-0.15, -0.1) is 0 Å². The molecule has 1 N–H and O–H groups in total. The molecule has 0 aliphatic rings. The van der Waals surface area contributed by atoms with Gasteiger partial charge in [0.05, 0.1) is 0 Å². The average molecular weight is 296 g/mol. The Morgan fingerprint density at radius 1 is 1.11 bits per heavy atom. The van der Waals surface area contributed by atoms with E-state index >= 15 is 0 Å². The molecule has 0 saturated heterocycles. The molecule has 0 bridgehead atoms. The van der Waals surface area contributed by atoms with Crippen LogP contribution in [0.1, 0.15) is 20.7 Å². The fraction of sp³-hybridized carbons (Fsp3) is 0.200. The zero-order valence-electron chi connectivity index (χ0n) is 10.5. The Morgan fingerprint density at radius 3 is 1.74 bits per heavy atom. The molecule has 7 nitrogen and oxygen atoms in total. The maximum atomic E-state index is 11.5. The van der Waals surface area contributed by atoms with Gasteiger partial charge in [0.25, 0.3) is 0 Å². The van der Waals surface area contributed by atoms with Crippen LogP contribution in [0.15, 0.2) is 17.0 Å². The van der Waals surface area contributed by atoms with Crippen LogP contribution in [0.2, 0.25) is 0 Å². The van der Waals surface area contributed by atoms with Gasteiger partial charge in [-0.25, -0.2) is 0 Å². The van der Waals surface area contributed by atoms with Gasteiger partial charge < -0.3 is 0 Å². The van der Waals surface area contributed by atoms with E-state index in [4.69, 9.17) is 4.55 Å². The summed E-state index contributed by atoms with van der Waals surface area (Å²) in [4.78, 5) is 22.5. The van der Waals surface area contributed by atoms with Crippen LogP contribution in [0.5, 0.6) is 0 Å². The first kappa shape index (κ1) is 16.1. The van der Waals surface area contributed by atoms with E-state index < -0.39 is 27.0 Å². The van der Waals surface area contributed by atoms with Crippen LogP contribution in [-0.4, -0.2) is 67.1 Å². The Balaban J connectivity index is 3.66. The minimum absolute atomic E-state index is 0.0790. The summed E-state index contributed by atoms with van der Waals surface area (Å²) >= 11 is 0.289. The van der Waals surface area contributed by atoms with Gasteiger partial charge in [-0.2, -0.15) is 0 Å². The Bertz CT molecular complexity index is 598. The molecule has 0 unspecified atom stereocenters. The summed E-state index contributed by atoms with van der Waals surface area (Å²) in [7, 11) is -2.30. The number of esters is 2. The first-order valence-electron chi connectivity index (χ1n) is 5.01. The van der Waals surface area contributed by atoms with Crippen molar-refractivity contribution >= 4 is 52.8 Å². The molecule has 0 spiro atoms. The zero-order valence-corrected chi connectivity index (χ0v) is 13.3. The van der Waals surface area contributed by atoms with Gasteiger partial charge in [0.1, 0.15) is 0 Å². The zero-order chi connectivity index (χ0) is 14.8. The number of carbonyl (C=O) groups is 2. The van der Waals surface area contributed by atoms with Crippen LogP contribution in [0.3, 0.4) is 0 Å². The summed E-state index contributed by atoms with van der Waals surface area (Å²) in [5.41, 5.74) is -0.158. The summed E-state index contributed by atoms with van der Waals surface area (Å²) in [6, 6.07) is 1.94. The van der Waals surface area contributed by atoms with Gasteiger partial charge in [-0.3, -0.25) is 0 Å². The molecule has 9 heteroatoms. The minimum atomic E-state index is -4.55. The van der Waals surface area contributed by atoms with Gasteiger partial charge in [-0.1, -0.05) is 0 Å². The second-order valence-corrected chi connectivity index (χ2v) is 6.02. The molecule has 98 valence electrons. The molecule has 19 heavy (non-hydrogen) atoms. The number of hydrogen-bond acceptors (Lipinski definition) is 6. The number of benzene rings is 1. The SMILES string of the molecule is COC(=O)c1cc(S(=O)(=O)O)cc(C(=O)OC)[c]1[Na]. The first-order valence-corrected chi connectivity index (χ1v) is 7.45. The summed E-state index contributed by atoms with van der Waals surface area (Å²) in [6.45, 7) is 0. The van der Waals surface area contributed by atoms with Crippen molar-refractivity contribution in [2.45, 2.75) is 4.90 Å². The van der Waals surface area contributed by atoms with Crippen LogP contribution in [0.4, 0.5) is 0 Å². The molecule has 0 heterocycles. The van der Waals surface area contributed by atoms with Crippen LogP contribution in [-0.2, 0) is 19.6 Å². The quantitative estimate of drug-likeness (QED) is 0.446. The number of rotatable bonds is 3. The molecule has 1 aromatic rings. The van der Waals surface area contributed by atoms with E-state index in [1.165, 1.54) is 0 Å². The summed E-state index contributed by atoms with van der Waals surface area (Å²) in [5.74, 6) is -1.58. The Hall–Kier alpha value is -0.930. The molecule has 0 aliphatic carbocycles. The number of methoxy groups -OCH3 is 2. The number of ether oxygens (including phenoxy) is 2. The molecule has 0 amide bonds. The van der Waals surface area contributed by atoms with E-state index in [1.54, 1.807) is 0 Å². The van der Waals surface area contributed by atoms with Crippen LogP contribution < -0.4 is 2.81 Å². The third-order valence-corrected chi connectivity index (χ3v) is 4.40. The van der Waals surface area contributed by atoms with Crippen LogP contribution in [0.25, 0.3) is 0 Å². The maximum absolute atomic E-state index is 11.5. The van der Waals surface area contributed by atoms with Crippen molar-refractivity contribution in [1.82, 2.24) is 0 Å². The van der Waals surface area contributed by atoms with Crippen molar-refractivity contribution in [2.24, 2.45) is 0 Å².